The molecule has 0 saturated heterocycles. The summed E-state index contributed by atoms with van der Waals surface area (Å²) < 4.78 is 4.50. The molecule has 1 aliphatic rings. The van der Waals surface area contributed by atoms with Crippen LogP contribution in [0.4, 0.5) is 0 Å². The molecule has 0 radical (unpaired) electrons. The Morgan fingerprint density at radius 3 is 2.36 bits per heavy atom. The molecule has 1 aliphatic heterocycles. The van der Waals surface area contributed by atoms with Crippen molar-refractivity contribution in [1.29, 1.82) is 5.39 Å². The van der Waals surface area contributed by atoms with Crippen molar-refractivity contribution in [3.05, 3.63) is 52.3 Å². The maximum Gasteiger partial charge on any atom is 0.389 e. The number of aliphatic hydroxyl groups is 1. The van der Waals surface area contributed by atoms with E-state index in [1.54, 1.807) is 12.1 Å². The van der Waals surface area contributed by atoms with Gasteiger partial charge in [0.25, 0.3) is 11.8 Å². The maximum atomic E-state index is 12.3. The van der Waals surface area contributed by atoms with E-state index < -0.39 is 36.0 Å². The van der Waals surface area contributed by atoms with Crippen LogP contribution in [0.1, 0.15) is 27.1 Å². The average Bonchev–Trinajstić information content (AvgIpc) is 2.77. The zero-order valence-electron chi connectivity index (χ0n) is 11.6. The number of nitrogens with zero attached hydrogens (tertiary/aromatic N) is 3. The Hall–Kier alpha value is -3.21. The fraction of sp³-hybridized carbons (Fsp3) is 0.214. The van der Waals surface area contributed by atoms with Crippen LogP contribution >= 0.6 is 0 Å². The fourth-order valence-corrected chi connectivity index (χ4v) is 2.21. The first-order valence-corrected chi connectivity index (χ1v) is 6.28. The second-order valence-corrected chi connectivity index (χ2v) is 4.49. The number of carbonyl (C=O) groups excluding carboxylic acids is 3. The summed E-state index contributed by atoms with van der Waals surface area (Å²) in [6.07, 6.45) is 0.191. The highest BCUT2D eigenvalue weighted by molar-refractivity contribution is 6.21. The molecule has 1 atom stereocenters. The summed E-state index contributed by atoms with van der Waals surface area (Å²) in [6.45, 7) is 0. The van der Waals surface area contributed by atoms with Gasteiger partial charge in [0.2, 0.25) is 11.2 Å². The summed E-state index contributed by atoms with van der Waals surface area (Å²) in [7, 11) is 1.14. The van der Waals surface area contributed by atoms with Gasteiger partial charge in [-0.1, -0.05) is 12.1 Å². The lowest BCUT2D eigenvalue weighted by molar-refractivity contribution is -0.141. The molecule has 0 saturated carbocycles. The van der Waals surface area contributed by atoms with E-state index in [2.05, 4.69) is 9.71 Å². The Balaban J connectivity index is 2.44. The molecule has 8 heteroatoms. The largest absolute Gasteiger partial charge is 0.504 e. The highest BCUT2D eigenvalue weighted by atomic mass is 16.5. The van der Waals surface area contributed by atoms with Crippen LogP contribution in [-0.2, 0) is 9.53 Å². The van der Waals surface area contributed by atoms with Crippen molar-refractivity contribution in [2.75, 3.05) is 7.11 Å². The number of carbonyl (C=O) groups is 3. The number of imide groups is 1. The van der Waals surface area contributed by atoms with Gasteiger partial charge in [0.05, 0.1) is 24.7 Å². The molecular formula is C14H12N3O5+. The van der Waals surface area contributed by atoms with Crippen LogP contribution in [0.15, 0.2) is 36.2 Å². The van der Waals surface area contributed by atoms with Crippen LogP contribution in [0.2, 0.25) is 0 Å². The van der Waals surface area contributed by atoms with E-state index in [-0.39, 0.29) is 11.1 Å². The van der Waals surface area contributed by atoms with E-state index >= 15 is 0 Å². The average molecular weight is 302 g/mol. The van der Waals surface area contributed by atoms with Crippen LogP contribution in [-0.4, -0.2) is 40.9 Å². The highest BCUT2D eigenvalue weighted by Gasteiger charge is 2.43. The van der Waals surface area contributed by atoms with E-state index in [4.69, 9.17) is 5.39 Å². The smallest absolute Gasteiger partial charge is 0.389 e. The molecular weight excluding hydrogens is 290 g/mol. The number of aliphatic hydroxyl groups excluding tert-OH is 1. The summed E-state index contributed by atoms with van der Waals surface area (Å²) in [6, 6.07) is 4.84. The van der Waals surface area contributed by atoms with E-state index in [0.717, 1.165) is 12.0 Å². The van der Waals surface area contributed by atoms with Crippen LogP contribution in [0.5, 0.6) is 0 Å². The molecule has 8 nitrogen and oxygen atoms in total. The quantitative estimate of drug-likeness (QED) is 0.390. The molecule has 0 fully saturated rings. The summed E-state index contributed by atoms with van der Waals surface area (Å²) in [5.41, 5.74) is 0.354. The first-order chi connectivity index (χ1) is 10.5. The topological polar surface area (TPSA) is 112 Å². The van der Waals surface area contributed by atoms with Gasteiger partial charge < -0.3 is 9.84 Å². The van der Waals surface area contributed by atoms with E-state index in [1.807, 2.05) is 0 Å². The molecule has 112 valence electrons. The van der Waals surface area contributed by atoms with Crippen LogP contribution in [0.3, 0.4) is 0 Å². The second-order valence-electron chi connectivity index (χ2n) is 4.49. The van der Waals surface area contributed by atoms with Gasteiger partial charge in [-0.25, -0.2) is 0 Å². The molecule has 1 N–H and O–H groups in total. The number of methoxy groups -OCH3 is 1. The molecule has 0 aromatic heterocycles. The normalized spacial score (nSPS) is 15.3. The predicted octanol–water partition coefficient (Wildman–Crippen LogP) is 1.47. The predicted molar refractivity (Wildman–Crippen MR) is 73.2 cm³/mol. The zero-order chi connectivity index (χ0) is 16.3. The van der Waals surface area contributed by atoms with E-state index in [0.29, 0.717) is 6.20 Å². The number of esters is 1. The number of hydrogen-bond acceptors (Lipinski definition) is 6. The third-order valence-electron chi connectivity index (χ3n) is 3.26. The number of fused-ring (bicyclic) bond motifs is 1. The lowest BCUT2D eigenvalue weighted by atomic mass is 10.1. The summed E-state index contributed by atoms with van der Waals surface area (Å²) in [4.78, 5) is 39.6. The van der Waals surface area contributed by atoms with Gasteiger partial charge in [-0.15, -0.1) is 0 Å². The Kier molecular flexibility index (Phi) is 4.18. The Bertz CT molecular complexity index is 684. The van der Waals surface area contributed by atoms with Gasteiger partial charge >= 0.3 is 12.2 Å². The first kappa shape index (κ1) is 15.2. The summed E-state index contributed by atoms with van der Waals surface area (Å²) >= 11 is 0. The van der Waals surface area contributed by atoms with E-state index in [1.165, 1.54) is 12.1 Å². The molecule has 1 unspecified atom stereocenters. The van der Waals surface area contributed by atoms with Crippen molar-refractivity contribution in [2.24, 2.45) is 0 Å². The van der Waals surface area contributed by atoms with Crippen molar-refractivity contribution < 1.29 is 24.2 Å². The molecule has 1 aromatic carbocycles. The molecule has 2 rings (SSSR count). The first-order valence-electron chi connectivity index (χ1n) is 6.28. The summed E-state index contributed by atoms with van der Waals surface area (Å²) in [5.74, 6) is -2.64. The molecule has 2 amide bonds. The van der Waals surface area contributed by atoms with Gasteiger partial charge in [-0.05, 0) is 12.1 Å². The molecule has 0 aliphatic carbocycles. The van der Waals surface area contributed by atoms with E-state index in [9.17, 15) is 19.5 Å². The third kappa shape index (κ3) is 2.52. The van der Waals surface area contributed by atoms with Gasteiger partial charge in [-0.3, -0.25) is 19.3 Å². The van der Waals surface area contributed by atoms with Gasteiger partial charge in [-0.2, -0.15) is 0 Å². The minimum Gasteiger partial charge on any atom is -0.504 e. The SMILES string of the molecule is COC(=O)CC(C(O)=C[N+]#N)N1C(=O)c2ccccc2C1=O. The molecule has 0 bridgehead atoms. The minimum atomic E-state index is -1.31. The number of benzene rings is 1. The lowest BCUT2D eigenvalue weighted by Gasteiger charge is -2.23. The lowest BCUT2D eigenvalue weighted by Crippen LogP contribution is -2.42. The highest BCUT2D eigenvalue weighted by Crippen LogP contribution is 2.28. The second kappa shape index (κ2) is 6.05. The molecule has 1 aromatic rings. The Morgan fingerprint density at radius 1 is 1.36 bits per heavy atom. The Morgan fingerprint density at radius 2 is 1.91 bits per heavy atom. The summed E-state index contributed by atoms with van der Waals surface area (Å²) in [5, 5.41) is 18.4. The third-order valence-corrected chi connectivity index (χ3v) is 3.26. The fourth-order valence-electron chi connectivity index (χ4n) is 2.21. The molecule has 0 spiro atoms. The van der Waals surface area contributed by atoms with Crippen molar-refractivity contribution in [1.82, 2.24) is 4.90 Å². The number of rotatable bonds is 4. The number of amides is 2. The van der Waals surface area contributed by atoms with Gasteiger partial charge in [0.15, 0.2) is 4.98 Å². The van der Waals surface area contributed by atoms with Crippen molar-refractivity contribution in [3.63, 3.8) is 0 Å². The van der Waals surface area contributed by atoms with Crippen LogP contribution in [0, 0.1) is 5.39 Å². The van der Waals surface area contributed by atoms with Crippen molar-refractivity contribution in [3.8, 4) is 0 Å². The van der Waals surface area contributed by atoms with Crippen molar-refractivity contribution >= 4 is 17.8 Å². The molecule has 22 heavy (non-hydrogen) atoms. The molecule has 1 heterocycles. The minimum absolute atomic E-state index is 0.177. The number of diazo groups is 1. The number of hydrogen-bond donors (Lipinski definition) is 1. The number of ether oxygens (including phenoxy) is 1. The maximum absolute atomic E-state index is 12.3. The van der Waals surface area contributed by atoms with Crippen LogP contribution in [0.25, 0.3) is 4.98 Å². The monoisotopic (exact) mass is 302 g/mol. The standard InChI is InChI=1S/C14H11N3O5/c1-22-12(19)6-10(11(18)7-16-15)17-13(20)8-4-2-3-5-9(8)14(17)21/h2-5,7,10H,6H2,1H3/p+1. The Labute approximate surface area is 125 Å². The van der Waals surface area contributed by atoms with Gasteiger partial charge in [0.1, 0.15) is 6.04 Å². The zero-order valence-corrected chi connectivity index (χ0v) is 11.6. The van der Waals surface area contributed by atoms with Crippen LogP contribution < -0.4 is 0 Å². The van der Waals surface area contributed by atoms with Gasteiger partial charge in [0, 0.05) is 0 Å². The van der Waals surface area contributed by atoms with Crippen molar-refractivity contribution in [2.45, 2.75) is 12.5 Å².